The van der Waals surface area contributed by atoms with E-state index in [-0.39, 0.29) is 25.0 Å². The first-order valence-corrected chi connectivity index (χ1v) is 10.4. The van der Waals surface area contributed by atoms with Gasteiger partial charge in [-0.25, -0.2) is 4.79 Å². The second-order valence-corrected chi connectivity index (χ2v) is 7.94. The van der Waals surface area contributed by atoms with Crippen LogP contribution in [-0.2, 0) is 9.53 Å². The third-order valence-electron chi connectivity index (χ3n) is 5.94. The molecule has 0 unspecified atom stereocenters. The number of nitrogens with two attached hydrogens (primary N) is 1. The largest absolute Gasteiger partial charge is 0.449 e. The molecule has 7 nitrogen and oxygen atoms in total. The molecule has 1 aliphatic carbocycles. The van der Waals surface area contributed by atoms with Gasteiger partial charge < -0.3 is 25.6 Å². The normalized spacial score (nSPS) is 17.2. The number of hydrogen-bond acceptors (Lipinski definition) is 5. The standard InChI is InChI=1S/C23H28N4O3/c1-26-10-12-27(13-11-26)22(28)21(24)14-25-23(29)30-15-20-18-8-4-2-6-16(18)17-7-3-5-9-19(17)20/h2-9,20-21H,10-15,24H2,1H3,(H,25,29)/t21-/m0/s1. The first-order valence-electron chi connectivity index (χ1n) is 10.4. The number of ether oxygens (including phenoxy) is 1. The Hall–Kier alpha value is -2.90. The molecule has 30 heavy (non-hydrogen) atoms. The number of carbonyl (C=O) groups is 2. The Morgan fingerprint density at radius 3 is 2.20 bits per heavy atom. The van der Waals surface area contributed by atoms with E-state index in [1.54, 1.807) is 4.90 Å². The summed E-state index contributed by atoms with van der Waals surface area (Å²) < 4.78 is 5.49. The Kier molecular flexibility index (Phi) is 6.01. The summed E-state index contributed by atoms with van der Waals surface area (Å²) in [6.07, 6.45) is -0.557. The summed E-state index contributed by atoms with van der Waals surface area (Å²) in [7, 11) is 2.03. The van der Waals surface area contributed by atoms with E-state index < -0.39 is 12.1 Å². The van der Waals surface area contributed by atoms with Crippen molar-refractivity contribution in [2.45, 2.75) is 12.0 Å². The molecule has 7 heteroatoms. The van der Waals surface area contributed by atoms with Crippen molar-refractivity contribution in [3.05, 3.63) is 59.7 Å². The SMILES string of the molecule is CN1CCN(C(=O)[C@@H](N)CNC(=O)OCC2c3ccccc3-c3ccccc32)CC1. The minimum absolute atomic E-state index is 0.00351. The molecule has 0 spiro atoms. The average Bonchev–Trinajstić information content (AvgIpc) is 3.10. The Morgan fingerprint density at radius 2 is 1.60 bits per heavy atom. The van der Waals surface area contributed by atoms with Crippen LogP contribution in [-0.4, -0.2) is 74.2 Å². The summed E-state index contributed by atoms with van der Waals surface area (Å²) in [4.78, 5) is 28.6. The van der Waals surface area contributed by atoms with Gasteiger partial charge in [0.1, 0.15) is 12.6 Å². The number of piperazine rings is 1. The van der Waals surface area contributed by atoms with Crippen LogP contribution >= 0.6 is 0 Å². The van der Waals surface area contributed by atoms with Gasteiger partial charge in [0.2, 0.25) is 5.91 Å². The van der Waals surface area contributed by atoms with Crippen molar-refractivity contribution >= 4 is 12.0 Å². The second kappa shape index (κ2) is 8.85. The molecule has 158 valence electrons. The predicted octanol–water partition coefficient (Wildman–Crippen LogP) is 1.63. The van der Waals surface area contributed by atoms with Crippen LogP contribution in [0, 0.1) is 0 Å². The fourth-order valence-electron chi connectivity index (χ4n) is 4.19. The molecule has 1 fully saturated rings. The van der Waals surface area contributed by atoms with E-state index in [1.165, 1.54) is 11.1 Å². The Bertz CT molecular complexity index is 879. The number of nitrogens with one attached hydrogen (secondary N) is 1. The Labute approximate surface area is 176 Å². The van der Waals surface area contributed by atoms with Crippen LogP contribution < -0.4 is 11.1 Å². The first kappa shape index (κ1) is 20.4. The molecule has 1 saturated heterocycles. The van der Waals surface area contributed by atoms with Gasteiger partial charge in [0.25, 0.3) is 0 Å². The molecule has 2 aromatic rings. The van der Waals surface area contributed by atoms with E-state index in [0.29, 0.717) is 13.1 Å². The van der Waals surface area contributed by atoms with Crippen molar-refractivity contribution < 1.29 is 14.3 Å². The quantitative estimate of drug-likeness (QED) is 0.785. The number of hydrogen-bond donors (Lipinski definition) is 2. The fourth-order valence-corrected chi connectivity index (χ4v) is 4.19. The van der Waals surface area contributed by atoms with Gasteiger partial charge in [-0.2, -0.15) is 0 Å². The molecule has 0 aromatic heterocycles. The number of rotatable bonds is 5. The number of alkyl carbamates (subject to hydrolysis) is 1. The molecule has 2 aliphatic rings. The molecule has 0 bridgehead atoms. The average molecular weight is 409 g/mol. The number of carbonyl (C=O) groups excluding carboxylic acids is 2. The van der Waals surface area contributed by atoms with Crippen molar-refractivity contribution in [3.63, 3.8) is 0 Å². The molecule has 1 heterocycles. The maximum atomic E-state index is 12.4. The molecule has 1 atom stereocenters. The molecular weight excluding hydrogens is 380 g/mol. The van der Waals surface area contributed by atoms with Gasteiger partial charge in [0.05, 0.1) is 0 Å². The van der Waals surface area contributed by atoms with Crippen LogP contribution in [0.25, 0.3) is 11.1 Å². The molecule has 0 saturated carbocycles. The van der Waals surface area contributed by atoms with Crippen molar-refractivity contribution in [2.24, 2.45) is 5.73 Å². The van der Waals surface area contributed by atoms with E-state index in [4.69, 9.17) is 10.5 Å². The highest BCUT2D eigenvalue weighted by Crippen LogP contribution is 2.44. The monoisotopic (exact) mass is 408 g/mol. The smallest absolute Gasteiger partial charge is 0.407 e. The maximum absolute atomic E-state index is 12.4. The first-order chi connectivity index (χ1) is 14.5. The van der Waals surface area contributed by atoms with Crippen LogP contribution in [0.15, 0.2) is 48.5 Å². The van der Waals surface area contributed by atoms with E-state index in [9.17, 15) is 9.59 Å². The van der Waals surface area contributed by atoms with Gasteiger partial charge in [-0.15, -0.1) is 0 Å². The van der Waals surface area contributed by atoms with Crippen molar-refractivity contribution in [1.82, 2.24) is 15.1 Å². The number of amides is 2. The van der Waals surface area contributed by atoms with Gasteiger partial charge in [-0.3, -0.25) is 4.79 Å². The highest BCUT2D eigenvalue weighted by molar-refractivity contribution is 5.83. The molecule has 1 aliphatic heterocycles. The minimum atomic E-state index is -0.770. The van der Waals surface area contributed by atoms with Gasteiger partial charge in [0.15, 0.2) is 0 Å². The number of nitrogens with zero attached hydrogens (tertiary/aromatic N) is 2. The van der Waals surface area contributed by atoms with E-state index in [0.717, 1.165) is 24.2 Å². The molecule has 3 N–H and O–H groups in total. The summed E-state index contributed by atoms with van der Waals surface area (Å²) in [6, 6.07) is 15.6. The van der Waals surface area contributed by atoms with Crippen LogP contribution in [0.2, 0.25) is 0 Å². The lowest BCUT2D eigenvalue weighted by Crippen LogP contribution is -2.55. The van der Waals surface area contributed by atoms with Gasteiger partial charge in [-0.1, -0.05) is 48.5 Å². The lowest BCUT2D eigenvalue weighted by molar-refractivity contribution is -0.134. The maximum Gasteiger partial charge on any atom is 0.407 e. The van der Waals surface area contributed by atoms with Crippen molar-refractivity contribution in [1.29, 1.82) is 0 Å². The number of likely N-dealkylation sites (N-methyl/N-ethyl adjacent to an activating group) is 1. The van der Waals surface area contributed by atoms with E-state index in [2.05, 4.69) is 34.5 Å². The summed E-state index contributed by atoms with van der Waals surface area (Å²) in [5.41, 5.74) is 10.7. The second-order valence-electron chi connectivity index (χ2n) is 7.94. The summed E-state index contributed by atoms with van der Waals surface area (Å²) in [5.74, 6) is -0.133. The van der Waals surface area contributed by atoms with Gasteiger partial charge >= 0.3 is 6.09 Å². The predicted molar refractivity (Wildman–Crippen MR) is 115 cm³/mol. The molecule has 2 amide bonds. The highest BCUT2D eigenvalue weighted by Gasteiger charge is 2.29. The van der Waals surface area contributed by atoms with E-state index >= 15 is 0 Å². The Balaban J connectivity index is 1.30. The Morgan fingerprint density at radius 1 is 1.03 bits per heavy atom. The third kappa shape index (κ3) is 4.17. The topological polar surface area (TPSA) is 87.9 Å². The lowest BCUT2D eigenvalue weighted by Gasteiger charge is -2.33. The van der Waals surface area contributed by atoms with Crippen LogP contribution in [0.5, 0.6) is 0 Å². The zero-order valence-electron chi connectivity index (χ0n) is 17.2. The minimum Gasteiger partial charge on any atom is -0.449 e. The summed E-state index contributed by atoms with van der Waals surface area (Å²) in [6.45, 7) is 3.28. The number of benzene rings is 2. The molecular formula is C23H28N4O3. The van der Waals surface area contributed by atoms with Crippen LogP contribution in [0.4, 0.5) is 4.79 Å². The highest BCUT2D eigenvalue weighted by atomic mass is 16.5. The number of fused-ring (bicyclic) bond motifs is 3. The lowest BCUT2D eigenvalue weighted by atomic mass is 9.98. The fraction of sp³-hybridized carbons (Fsp3) is 0.391. The summed E-state index contributed by atoms with van der Waals surface area (Å²) >= 11 is 0. The molecule has 0 radical (unpaired) electrons. The van der Waals surface area contributed by atoms with Gasteiger partial charge in [0, 0.05) is 38.6 Å². The zero-order valence-corrected chi connectivity index (χ0v) is 17.2. The molecule has 4 rings (SSSR count). The third-order valence-corrected chi connectivity index (χ3v) is 5.94. The van der Waals surface area contributed by atoms with Crippen molar-refractivity contribution in [3.8, 4) is 11.1 Å². The van der Waals surface area contributed by atoms with Crippen LogP contribution in [0.3, 0.4) is 0 Å². The van der Waals surface area contributed by atoms with Gasteiger partial charge in [-0.05, 0) is 29.3 Å². The zero-order chi connectivity index (χ0) is 21.1. The van der Waals surface area contributed by atoms with Crippen molar-refractivity contribution in [2.75, 3.05) is 46.4 Å². The summed E-state index contributed by atoms with van der Waals surface area (Å²) in [5, 5.41) is 2.64. The van der Waals surface area contributed by atoms with E-state index in [1.807, 2.05) is 31.3 Å². The molecule has 2 aromatic carbocycles. The van der Waals surface area contributed by atoms with Crippen LogP contribution in [0.1, 0.15) is 17.0 Å².